The molecule has 0 saturated heterocycles. The summed E-state index contributed by atoms with van der Waals surface area (Å²) in [5.74, 6) is -0.181. The molecule has 7 heteroatoms. The summed E-state index contributed by atoms with van der Waals surface area (Å²) in [5.41, 5.74) is 1.34. The van der Waals surface area contributed by atoms with Crippen LogP contribution < -0.4 is 20.3 Å². The summed E-state index contributed by atoms with van der Waals surface area (Å²) < 4.78 is 5.26. The molecule has 0 bridgehead atoms. The van der Waals surface area contributed by atoms with E-state index in [1.54, 1.807) is 36.3 Å². The van der Waals surface area contributed by atoms with Crippen molar-refractivity contribution in [2.45, 2.75) is 51.5 Å². The fourth-order valence-electron chi connectivity index (χ4n) is 4.21. The Morgan fingerprint density at radius 1 is 0.969 bits per heavy atom. The molecule has 0 atom stereocenters. The van der Waals surface area contributed by atoms with Crippen molar-refractivity contribution in [1.82, 2.24) is 5.32 Å². The lowest BCUT2D eigenvalue weighted by molar-refractivity contribution is -0.128. The SMILES string of the molecule is COc1ccc(N(C(=O)CNC(C)=O)C2(C(=O)Nc3ccc(C)cc3)CCCCC2)cc1. The van der Waals surface area contributed by atoms with E-state index in [9.17, 15) is 14.4 Å². The van der Waals surface area contributed by atoms with Crippen LogP contribution in [0.5, 0.6) is 5.75 Å². The van der Waals surface area contributed by atoms with Gasteiger partial charge in [-0.1, -0.05) is 37.0 Å². The monoisotopic (exact) mass is 437 g/mol. The number of anilines is 2. The summed E-state index contributed by atoms with van der Waals surface area (Å²) >= 11 is 0. The van der Waals surface area contributed by atoms with E-state index in [-0.39, 0.29) is 24.3 Å². The third-order valence-electron chi connectivity index (χ3n) is 5.91. The van der Waals surface area contributed by atoms with Crippen LogP contribution in [-0.4, -0.2) is 36.9 Å². The first-order valence-corrected chi connectivity index (χ1v) is 11.0. The van der Waals surface area contributed by atoms with Crippen molar-refractivity contribution in [1.29, 1.82) is 0 Å². The maximum atomic E-state index is 13.7. The van der Waals surface area contributed by atoms with E-state index in [0.717, 1.165) is 24.8 Å². The van der Waals surface area contributed by atoms with Crippen molar-refractivity contribution < 1.29 is 19.1 Å². The third-order valence-corrected chi connectivity index (χ3v) is 5.91. The molecule has 0 aliphatic heterocycles. The van der Waals surface area contributed by atoms with E-state index in [4.69, 9.17) is 4.74 Å². The number of aryl methyl sites for hydroxylation is 1. The third kappa shape index (κ3) is 5.28. The molecule has 1 aliphatic rings. The minimum Gasteiger partial charge on any atom is -0.497 e. The molecular weight excluding hydrogens is 406 g/mol. The van der Waals surface area contributed by atoms with Crippen molar-refractivity contribution in [3.05, 3.63) is 54.1 Å². The van der Waals surface area contributed by atoms with Gasteiger partial charge in [-0.3, -0.25) is 19.3 Å². The van der Waals surface area contributed by atoms with Gasteiger partial charge in [0, 0.05) is 18.3 Å². The van der Waals surface area contributed by atoms with E-state index in [1.807, 2.05) is 31.2 Å². The summed E-state index contributed by atoms with van der Waals surface area (Å²) in [6, 6.07) is 14.7. The van der Waals surface area contributed by atoms with Gasteiger partial charge in [-0.2, -0.15) is 0 Å². The molecule has 0 radical (unpaired) electrons. The van der Waals surface area contributed by atoms with Gasteiger partial charge in [-0.05, 0) is 56.2 Å². The van der Waals surface area contributed by atoms with E-state index >= 15 is 0 Å². The van der Waals surface area contributed by atoms with Crippen molar-refractivity contribution in [2.24, 2.45) is 0 Å². The zero-order valence-electron chi connectivity index (χ0n) is 18.9. The topological polar surface area (TPSA) is 87.7 Å². The van der Waals surface area contributed by atoms with Crippen LogP contribution in [0.15, 0.2) is 48.5 Å². The van der Waals surface area contributed by atoms with E-state index in [1.165, 1.54) is 6.92 Å². The molecule has 1 aliphatic carbocycles. The number of carbonyl (C=O) groups is 3. The zero-order chi connectivity index (χ0) is 23.1. The van der Waals surface area contributed by atoms with Crippen LogP contribution in [0.3, 0.4) is 0 Å². The largest absolute Gasteiger partial charge is 0.497 e. The highest BCUT2D eigenvalue weighted by Crippen LogP contribution is 2.38. The normalized spacial score (nSPS) is 14.8. The predicted molar refractivity (Wildman–Crippen MR) is 125 cm³/mol. The maximum absolute atomic E-state index is 13.7. The number of benzene rings is 2. The van der Waals surface area contributed by atoms with Gasteiger partial charge >= 0.3 is 0 Å². The minimum atomic E-state index is -1.05. The van der Waals surface area contributed by atoms with Crippen LogP contribution in [0.2, 0.25) is 0 Å². The Hall–Kier alpha value is -3.35. The summed E-state index contributed by atoms with van der Waals surface area (Å²) in [5, 5.41) is 5.61. The highest BCUT2D eigenvalue weighted by Gasteiger charge is 2.47. The second-order valence-corrected chi connectivity index (χ2v) is 8.25. The first kappa shape index (κ1) is 23.3. The zero-order valence-corrected chi connectivity index (χ0v) is 18.9. The summed E-state index contributed by atoms with van der Waals surface area (Å²) in [6.07, 6.45) is 3.77. The van der Waals surface area contributed by atoms with Gasteiger partial charge < -0.3 is 15.4 Å². The summed E-state index contributed by atoms with van der Waals surface area (Å²) in [7, 11) is 1.58. The summed E-state index contributed by atoms with van der Waals surface area (Å²) in [6.45, 7) is 3.17. The number of methoxy groups -OCH3 is 1. The van der Waals surface area contributed by atoms with Crippen LogP contribution in [0.4, 0.5) is 11.4 Å². The lowest BCUT2D eigenvalue weighted by Crippen LogP contribution is -2.62. The second kappa shape index (κ2) is 10.3. The van der Waals surface area contributed by atoms with Crippen LogP contribution in [0, 0.1) is 6.92 Å². The van der Waals surface area contributed by atoms with Gasteiger partial charge in [0.15, 0.2) is 0 Å². The van der Waals surface area contributed by atoms with Crippen LogP contribution >= 0.6 is 0 Å². The summed E-state index contributed by atoms with van der Waals surface area (Å²) in [4.78, 5) is 40.2. The average molecular weight is 438 g/mol. The Morgan fingerprint density at radius 3 is 2.16 bits per heavy atom. The lowest BCUT2D eigenvalue weighted by atomic mass is 9.78. The van der Waals surface area contributed by atoms with Crippen molar-refractivity contribution >= 4 is 29.1 Å². The molecule has 3 amide bonds. The molecule has 2 N–H and O–H groups in total. The van der Waals surface area contributed by atoms with Crippen molar-refractivity contribution in [3.63, 3.8) is 0 Å². The van der Waals surface area contributed by atoms with Gasteiger partial charge in [-0.15, -0.1) is 0 Å². The van der Waals surface area contributed by atoms with Gasteiger partial charge in [0.1, 0.15) is 11.3 Å². The van der Waals surface area contributed by atoms with Gasteiger partial charge in [0.05, 0.1) is 13.7 Å². The van der Waals surface area contributed by atoms with Gasteiger partial charge in [0.2, 0.25) is 11.8 Å². The molecule has 7 nitrogen and oxygen atoms in total. The number of hydrogen-bond acceptors (Lipinski definition) is 4. The molecule has 1 fully saturated rings. The lowest BCUT2D eigenvalue weighted by Gasteiger charge is -2.45. The predicted octanol–water partition coefficient (Wildman–Crippen LogP) is 3.81. The number of carbonyl (C=O) groups excluding carboxylic acids is 3. The molecule has 0 spiro atoms. The van der Waals surface area contributed by atoms with Crippen LogP contribution in [0.1, 0.15) is 44.6 Å². The molecule has 0 aromatic heterocycles. The molecule has 0 heterocycles. The number of hydrogen-bond donors (Lipinski definition) is 2. The van der Waals surface area contributed by atoms with Crippen LogP contribution in [0.25, 0.3) is 0 Å². The first-order chi connectivity index (χ1) is 15.4. The first-order valence-electron chi connectivity index (χ1n) is 11.0. The molecule has 2 aromatic rings. The quantitative estimate of drug-likeness (QED) is 0.689. The van der Waals surface area contributed by atoms with Crippen LogP contribution in [-0.2, 0) is 14.4 Å². The number of rotatable bonds is 7. The molecule has 2 aromatic carbocycles. The Kier molecular flexibility index (Phi) is 7.51. The Labute approximate surface area is 189 Å². The van der Waals surface area contributed by atoms with Gasteiger partial charge in [0.25, 0.3) is 5.91 Å². The fraction of sp³-hybridized carbons (Fsp3) is 0.400. The number of nitrogens with one attached hydrogen (secondary N) is 2. The highest BCUT2D eigenvalue weighted by atomic mass is 16.5. The van der Waals surface area contributed by atoms with Crippen molar-refractivity contribution in [3.8, 4) is 5.75 Å². The Balaban J connectivity index is 2.01. The Morgan fingerprint density at radius 2 is 1.59 bits per heavy atom. The smallest absolute Gasteiger partial charge is 0.250 e. The van der Waals surface area contributed by atoms with Gasteiger partial charge in [-0.25, -0.2) is 0 Å². The average Bonchev–Trinajstić information content (AvgIpc) is 2.80. The molecule has 0 unspecified atom stereocenters. The number of nitrogens with zero attached hydrogens (tertiary/aromatic N) is 1. The van der Waals surface area contributed by atoms with E-state index in [0.29, 0.717) is 30.0 Å². The minimum absolute atomic E-state index is 0.180. The number of ether oxygens (including phenoxy) is 1. The maximum Gasteiger partial charge on any atom is 0.250 e. The molecular formula is C25H31N3O4. The number of amides is 3. The van der Waals surface area contributed by atoms with E-state index < -0.39 is 5.54 Å². The van der Waals surface area contributed by atoms with E-state index in [2.05, 4.69) is 10.6 Å². The molecule has 32 heavy (non-hydrogen) atoms. The highest BCUT2D eigenvalue weighted by molar-refractivity contribution is 6.09. The fourth-order valence-corrected chi connectivity index (χ4v) is 4.21. The van der Waals surface area contributed by atoms with Crippen molar-refractivity contribution in [2.75, 3.05) is 23.9 Å². The standard InChI is InChI=1S/C25H31N3O4/c1-18-7-9-20(10-8-18)27-24(31)25(15-5-4-6-16-25)28(23(30)17-26-19(2)29)21-11-13-22(32-3)14-12-21/h7-14H,4-6,15-17H2,1-3H3,(H,26,29)(H,27,31). The second-order valence-electron chi connectivity index (χ2n) is 8.25. The molecule has 170 valence electrons. The Bertz CT molecular complexity index is 948. The molecule has 1 saturated carbocycles. The molecule has 3 rings (SSSR count).